The van der Waals surface area contributed by atoms with Gasteiger partial charge in [-0.15, -0.1) is 0 Å². The first-order chi connectivity index (χ1) is 12.1. The van der Waals surface area contributed by atoms with Gasteiger partial charge >= 0.3 is 0 Å². The minimum Gasteiger partial charge on any atom is -0.325 e. The van der Waals surface area contributed by atoms with Gasteiger partial charge in [0.15, 0.2) is 0 Å². The van der Waals surface area contributed by atoms with Crippen LogP contribution in [0.2, 0.25) is 0 Å². The molecule has 2 aliphatic heterocycles. The fourth-order valence-electron chi connectivity index (χ4n) is 3.58. The number of benzene rings is 1. The van der Waals surface area contributed by atoms with Gasteiger partial charge in [-0.25, -0.2) is 0 Å². The maximum absolute atomic E-state index is 12.5. The molecule has 0 radical (unpaired) electrons. The molecule has 0 aromatic heterocycles. The quantitative estimate of drug-likeness (QED) is 0.804. The number of hydrogen-bond acceptors (Lipinski definition) is 4. The Balaban J connectivity index is 1.58. The van der Waals surface area contributed by atoms with Crippen LogP contribution < -0.4 is 5.32 Å². The van der Waals surface area contributed by atoms with Crippen molar-refractivity contribution in [3.05, 3.63) is 29.8 Å². The molecule has 1 aromatic carbocycles. The summed E-state index contributed by atoms with van der Waals surface area (Å²) in [5.74, 6) is -0.178. The van der Waals surface area contributed by atoms with E-state index >= 15 is 0 Å². The molecule has 0 bridgehead atoms. The van der Waals surface area contributed by atoms with Gasteiger partial charge in [-0.2, -0.15) is 0 Å². The maximum Gasteiger partial charge on any atom is 0.241 e. The van der Waals surface area contributed by atoms with Gasteiger partial charge < -0.3 is 5.32 Å². The Kier molecular flexibility index (Phi) is 5.48. The van der Waals surface area contributed by atoms with Crippen LogP contribution in [0.25, 0.3) is 0 Å². The first kappa shape index (κ1) is 17.6. The van der Waals surface area contributed by atoms with Crippen LogP contribution >= 0.6 is 0 Å². The molecule has 2 saturated heterocycles. The molecule has 6 heteroatoms. The van der Waals surface area contributed by atoms with E-state index in [0.717, 1.165) is 43.6 Å². The average molecular weight is 343 g/mol. The summed E-state index contributed by atoms with van der Waals surface area (Å²) < 4.78 is 0. The third-order valence-corrected chi connectivity index (χ3v) is 4.89. The second-order valence-electron chi connectivity index (χ2n) is 6.75. The van der Waals surface area contributed by atoms with E-state index in [1.54, 1.807) is 0 Å². The third-order valence-electron chi connectivity index (χ3n) is 4.89. The zero-order chi connectivity index (χ0) is 17.8. The molecule has 0 saturated carbocycles. The standard InChI is InChI=1S/C19H25N3O3/c1-2-11-21-12-3-4-16(21)19(25)20-15-7-5-14(6-8-15)13-22-17(23)9-10-18(22)24/h5-8,16H,2-4,9-13H2,1H3,(H,20,25). The van der Waals surface area contributed by atoms with Crippen molar-refractivity contribution in [1.82, 2.24) is 9.80 Å². The Labute approximate surface area is 148 Å². The zero-order valence-electron chi connectivity index (χ0n) is 14.7. The highest BCUT2D eigenvalue weighted by Gasteiger charge is 2.30. The number of rotatable bonds is 6. The van der Waals surface area contributed by atoms with E-state index in [2.05, 4.69) is 17.1 Å². The van der Waals surface area contributed by atoms with Crippen LogP contribution in [0.15, 0.2) is 24.3 Å². The van der Waals surface area contributed by atoms with Crippen molar-refractivity contribution in [3.8, 4) is 0 Å². The number of nitrogens with one attached hydrogen (secondary N) is 1. The molecular weight excluding hydrogens is 318 g/mol. The van der Waals surface area contributed by atoms with Gasteiger partial charge in [0.1, 0.15) is 0 Å². The Morgan fingerprint density at radius 1 is 1.16 bits per heavy atom. The zero-order valence-corrected chi connectivity index (χ0v) is 14.7. The molecule has 3 rings (SSSR count). The molecule has 1 unspecified atom stereocenters. The van der Waals surface area contributed by atoms with Gasteiger partial charge in [-0.3, -0.25) is 24.2 Å². The van der Waals surface area contributed by atoms with Crippen molar-refractivity contribution in [2.45, 2.75) is 51.6 Å². The van der Waals surface area contributed by atoms with Crippen LogP contribution in [-0.4, -0.2) is 46.7 Å². The van der Waals surface area contributed by atoms with E-state index in [0.29, 0.717) is 19.4 Å². The van der Waals surface area contributed by atoms with Crippen molar-refractivity contribution in [3.63, 3.8) is 0 Å². The summed E-state index contributed by atoms with van der Waals surface area (Å²) in [6.07, 6.45) is 3.63. The third kappa shape index (κ3) is 4.07. The highest BCUT2D eigenvalue weighted by molar-refractivity contribution is 6.01. The minimum atomic E-state index is -0.111. The molecule has 134 valence electrons. The van der Waals surface area contributed by atoms with Crippen molar-refractivity contribution in [1.29, 1.82) is 0 Å². The molecular formula is C19H25N3O3. The summed E-state index contributed by atoms with van der Waals surface area (Å²) in [5, 5.41) is 2.98. The number of carbonyl (C=O) groups excluding carboxylic acids is 3. The van der Waals surface area contributed by atoms with Gasteiger partial charge in [-0.1, -0.05) is 19.1 Å². The number of carbonyl (C=O) groups is 3. The summed E-state index contributed by atoms with van der Waals surface area (Å²) in [6, 6.07) is 7.33. The molecule has 1 aromatic rings. The Morgan fingerprint density at radius 2 is 1.84 bits per heavy atom. The van der Waals surface area contributed by atoms with Crippen LogP contribution in [0, 0.1) is 0 Å². The number of amides is 3. The lowest BCUT2D eigenvalue weighted by Crippen LogP contribution is -2.39. The average Bonchev–Trinajstić information content (AvgIpc) is 3.19. The summed E-state index contributed by atoms with van der Waals surface area (Å²) in [5.41, 5.74) is 1.63. The summed E-state index contributed by atoms with van der Waals surface area (Å²) >= 11 is 0. The van der Waals surface area contributed by atoms with Crippen LogP contribution in [0.5, 0.6) is 0 Å². The monoisotopic (exact) mass is 343 g/mol. The predicted octanol–water partition coefficient (Wildman–Crippen LogP) is 2.15. The number of nitrogens with zero attached hydrogens (tertiary/aromatic N) is 2. The van der Waals surface area contributed by atoms with Crippen molar-refractivity contribution in [2.75, 3.05) is 18.4 Å². The van der Waals surface area contributed by atoms with E-state index in [9.17, 15) is 14.4 Å². The van der Waals surface area contributed by atoms with E-state index in [1.807, 2.05) is 24.3 Å². The largest absolute Gasteiger partial charge is 0.325 e. The maximum atomic E-state index is 12.5. The lowest BCUT2D eigenvalue weighted by Gasteiger charge is -2.23. The molecule has 3 amide bonds. The first-order valence-corrected chi connectivity index (χ1v) is 9.05. The van der Waals surface area contributed by atoms with Gasteiger partial charge in [0.05, 0.1) is 12.6 Å². The molecule has 1 N–H and O–H groups in total. The fraction of sp³-hybridized carbons (Fsp3) is 0.526. The van der Waals surface area contributed by atoms with Crippen molar-refractivity contribution in [2.24, 2.45) is 0 Å². The van der Waals surface area contributed by atoms with Crippen molar-refractivity contribution < 1.29 is 14.4 Å². The lowest BCUT2D eigenvalue weighted by molar-refractivity contribution is -0.139. The molecule has 25 heavy (non-hydrogen) atoms. The Morgan fingerprint density at radius 3 is 2.48 bits per heavy atom. The molecule has 2 fully saturated rings. The fourth-order valence-corrected chi connectivity index (χ4v) is 3.58. The molecule has 0 aliphatic carbocycles. The SMILES string of the molecule is CCCN1CCCC1C(=O)Nc1ccc(CN2C(=O)CCC2=O)cc1. The van der Waals surface area contributed by atoms with Gasteiger partial charge in [0.2, 0.25) is 17.7 Å². The van der Waals surface area contributed by atoms with Crippen molar-refractivity contribution >= 4 is 23.4 Å². The molecule has 1 atom stereocenters. The molecule has 2 aliphatic rings. The predicted molar refractivity (Wildman–Crippen MR) is 94.7 cm³/mol. The summed E-state index contributed by atoms with van der Waals surface area (Å²) in [7, 11) is 0. The Bertz CT molecular complexity index is 640. The second-order valence-corrected chi connectivity index (χ2v) is 6.75. The summed E-state index contributed by atoms with van der Waals surface area (Å²) in [6.45, 7) is 4.37. The van der Waals surface area contributed by atoms with Gasteiger partial charge in [0.25, 0.3) is 0 Å². The number of anilines is 1. The van der Waals surface area contributed by atoms with E-state index in [-0.39, 0.29) is 23.8 Å². The van der Waals surface area contributed by atoms with Crippen LogP contribution in [0.4, 0.5) is 5.69 Å². The van der Waals surface area contributed by atoms with Crippen LogP contribution in [0.1, 0.15) is 44.6 Å². The van der Waals surface area contributed by atoms with E-state index < -0.39 is 0 Å². The normalized spacial score (nSPS) is 21.2. The minimum absolute atomic E-state index is 0.0422. The van der Waals surface area contributed by atoms with Crippen LogP contribution in [0.3, 0.4) is 0 Å². The lowest BCUT2D eigenvalue weighted by atomic mass is 10.1. The highest BCUT2D eigenvalue weighted by atomic mass is 16.2. The van der Waals surface area contributed by atoms with Gasteiger partial charge in [0, 0.05) is 18.5 Å². The van der Waals surface area contributed by atoms with E-state index in [1.165, 1.54) is 4.90 Å². The van der Waals surface area contributed by atoms with Gasteiger partial charge in [-0.05, 0) is 50.0 Å². The topological polar surface area (TPSA) is 69.7 Å². The number of hydrogen-bond donors (Lipinski definition) is 1. The molecule has 2 heterocycles. The molecule has 6 nitrogen and oxygen atoms in total. The first-order valence-electron chi connectivity index (χ1n) is 9.05. The smallest absolute Gasteiger partial charge is 0.241 e. The Hall–Kier alpha value is -2.21. The number of imide groups is 1. The second kappa shape index (κ2) is 7.78. The summed E-state index contributed by atoms with van der Waals surface area (Å²) in [4.78, 5) is 39.4. The molecule has 0 spiro atoms. The highest BCUT2D eigenvalue weighted by Crippen LogP contribution is 2.21. The van der Waals surface area contributed by atoms with E-state index in [4.69, 9.17) is 0 Å². The number of likely N-dealkylation sites (tertiary alicyclic amines) is 2. The van der Waals surface area contributed by atoms with Crippen LogP contribution in [-0.2, 0) is 20.9 Å².